The number of nitrogens with one attached hydrogen (secondary N) is 1. The van der Waals surface area contributed by atoms with E-state index in [9.17, 15) is 13.8 Å². The van der Waals surface area contributed by atoms with Crippen LogP contribution in [0.25, 0.3) is 0 Å². The molecule has 1 atom stereocenters. The first-order valence-electron chi connectivity index (χ1n) is 12.0. The number of hydrogen-bond acceptors (Lipinski definition) is 3. The van der Waals surface area contributed by atoms with E-state index in [-0.39, 0.29) is 18.4 Å². The van der Waals surface area contributed by atoms with Crippen LogP contribution >= 0.6 is 11.6 Å². The minimum absolute atomic E-state index is 0.219. The van der Waals surface area contributed by atoms with Crippen molar-refractivity contribution in [3.05, 3.63) is 124 Å². The molecule has 1 heterocycles. The average Bonchev–Trinajstić information content (AvgIpc) is 2.99. The summed E-state index contributed by atoms with van der Waals surface area (Å²) in [6.07, 6.45) is 0.704. The molecule has 4 aromatic rings. The zero-order valence-corrected chi connectivity index (χ0v) is 21.8. The Hall–Kier alpha value is -3.74. The lowest BCUT2D eigenvalue weighted by atomic mass is 10.1. The minimum atomic E-state index is -1.59. The Labute approximate surface area is 223 Å². The van der Waals surface area contributed by atoms with Gasteiger partial charge < -0.3 is 10.2 Å². The normalized spacial score (nSPS) is 14.5. The number of fused-ring (bicyclic) bond motifs is 2. The molecule has 1 aliphatic rings. The number of anilines is 1. The van der Waals surface area contributed by atoms with Crippen LogP contribution in [0.3, 0.4) is 0 Å². The maximum atomic E-state index is 13.7. The second kappa shape index (κ2) is 10.7. The van der Waals surface area contributed by atoms with E-state index in [0.29, 0.717) is 44.6 Å². The van der Waals surface area contributed by atoms with Crippen LogP contribution in [-0.2, 0) is 23.8 Å². The van der Waals surface area contributed by atoms with Gasteiger partial charge in [0.1, 0.15) is 0 Å². The summed E-state index contributed by atoms with van der Waals surface area (Å²) in [4.78, 5) is 29.3. The van der Waals surface area contributed by atoms with Gasteiger partial charge in [0.05, 0.1) is 38.4 Å². The molecule has 4 aromatic carbocycles. The third-order valence-corrected chi connectivity index (χ3v) is 8.06. The molecule has 0 bridgehead atoms. The molecular weight excluding hydrogens is 504 g/mol. The van der Waals surface area contributed by atoms with Crippen LogP contribution in [0.15, 0.2) is 101 Å². The van der Waals surface area contributed by atoms with Gasteiger partial charge >= 0.3 is 0 Å². The molecule has 0 spiro atoms. The molecule has 0 aromatic heterocycles. The second-order valence-electron chi connectivity index (χ2n) is 8.96. The Bertz CT molecular complexity index is 1520. The summed E-state index contributed by atoms with van der Waals surface area (Å²) >= 11 is 6.20. The van der Waals surface area contributed by atoms with Crippen LogP contribution < -0.4 is 10.2 Å². The zero-order valence-electron chi connectivity index (χ0n) is 20.2. The lowest BCUT2D eigenvalue weighted by Gasteiger charge is -2.24. The van der Waals surface area contributed by atoms with Gasteiger partial charge in [-0.2, -0.15) is 0 Å². The van der Waals surface area contributed by atoms with Crippen LogP contribution in [-0.4, -0.2) is 22.6 Å². The first-order chi connectivity index (χ1) is 17.9. The molecule has 7 heteroatoms. The number of benzene rings is 4. The lowest BCUT2D eigenvalue weighted by molar-refractivity contribution is 0.0950. The molecule has 0 saturated heterocycles. The first-order valence-corrected chi connectivity index (χ1v) is 13.5. The highest BCUT2D eigenvalue weighted by Crippen LogP contribution is 2.36. The molecule has 186 valence electrons. The quantitative estimate of drug-likeness (QED) is 0.336. The summed E-state index contributed by atoms with van der Waals surface area (Å²) in [6.45, 7) is 2.73. The largest absolute Gasteiger partial charge is 0.352 e. The molecule has 0 unspecified atom stereocenters. The molecule has 0 radical (unpaired) electrons. The molecule has 0 saturated carbocycles. The molecule has 37 heavy (non-hydrogen) atoms. The highest BCUT2D eigenvalue weighted by molar-refractivity contribution is 7.85. The highest BCUT2D eigenvalue weighted by atomic mass is 35.5. The Kier molecular flexibility index (Phi) is 7.22. The minimum Gasteiger partial charge on any atom is -0.352 e. The fourth-order valence-corrected chi connectivity index (χ4v) is 5.91. The summed E-state index contributed by atoms with van der Waals surface area (Å²) in [5, 5.41) is 3.52. The number of halogens is 1. The van der Waals surface area contributed by atoms with Crippen molar-refractivity contribution >= 4 is 39.9 Å². The van der Waals surface area contributed by atoms with Crippen LogP contribution in [0.4, 0.5) is 5.69 Å². The molecule has 0 fully saturated rings. The van der Waals surface area contributed by atoms with Gasteiger partial charge in [-0.25, -0.2) is 4.21 Å². The fourth-order valence-electron chi connectivity index (χ4n) is 4.36. The van der Waals surface area contributed by atoms with Gasteiger partial charge in [0.25, 0.3) is 11.8 Å². The number of hydrogen-bond donors (Lipinski definition) is 1. The van der Waals surface area contributed by atoms with Crippen LogP contribution in [0, 0.1) is 6.92 Å². The predicted molar refractivity (Wildman–Crippen MR) is 147 cm³/mol. The topological polar surface area (TPSA) is 66.5 Å². The molecule has 1 aliphatic heterocycles. The van der Waals surface area contributed by atoms with E-state index in [1.807, 2.05) is 31.2 Å². The third-order valence-electron chi connectivity index (χ3n) is 6.32. The van der Waals surface area contributed by atoms with Gasteiger partial charge in [0.15, 0.2) is 0 Å². The number of nitrogens with zero attached hydrogens (tertiary/aromatic N) is 1. The number of amides is 2. The van der Waals surface area contributed by atoms with E-state index in [4.69, 9.17) is 11.6 Å². The summed E-state index contributed by atoms with van der Waals surface area (Å²) in [7, 11) is -1.59. The van der Waals surface area contributed by atoms with Gasteiger partial charge in [0, 0.05) is 17.1 Å². The van der Waals surface area contributed by atoms with Crippen LogP contribution in [0.1, 0.15) is 37.4 Å². The van der Waals surface area contributed by atoms with Gasteiger partial charge in [-0.15, -0.1) is 0 Å². The summed E-state index contributed by atoms with van der Waals surface area (Å²) < 4.78 is 13.6. The lowest BCUT2D eigenvalue weighted by Crippen LogP contribution is -2.31. The predicted octanol–water partition coefficient (Wildman–Crippen LogP) is 5.95. The first kappa shape index (κ1) is 24.9. The molecule has 5 nitrogen and oxygen atoms in total. The van der Waals surface area contributed by atoms with Crippen molar-refractivity contribution < 1.29 is 13.8 Å². The van der Waals surface area contributed by atoms with Crippen molar-refractivity contribution in [2.45, 2.75) is 29.7 Å². The molecule has 0 aliphatic carbocycles. The SMILES string of the molecule is Cc1ccc(CCNC(=O)c2ccc3c(c2)N(Cc2cccc(Cl)c2)C(=O)c2ccccc2[S@@]3=O)cc1. The third kappa shape index (κ3) is 5.36. The van der Waals surface area contributed by atoms with Crippen molar-refractivity contribution in [2.75, 3.05) is 11.4 Å². The summed E-state index contributed by atoms with van der Waals surface area (Å²) in [6, 6.07) is 27.4. The number of rotatable bonds is 6. The van der Waals surface area contributed by atoms with Crippen LogP contribution in [0.5, 0.6) is 0 Å². The second-order valence-corrected chi connectivity index (χ2v) is 10.8. The van der Waals surface area contributed by atoms with Crippen molar-refractivity contribution in [1.82, 2.24) is 5.32 Å². The van der Waals surface area contributed by atoms with Gasteiger partial charge in [0.2, 0.25) is 0 Å². The number of carbonyl (C=O) groups excluding carboxylic acids is 2. The standard InChI is InChI=1S/C30H25ClN2O3S/c1-20-9-11-21(12-10-20)15-16-32-29(34)23-13-14-28-26(18-23)33(19-22-5-4-6-24(31)17-22)30(35)25-7-2-3-8-27(25)37(28)36/h2-14,17-18H,15-16,19H2,1H3,(H,32,34)/t37-/m0/s1. The smallest absolute Gasteiger partial charge is 0.259 e. The number of aryl methyl sites for hydroxylation is 1. The van der Waals surface area contributed by atoms with E-state index in [2.05, 4.69) is 17.4 Å². The van der Waals surface area contributed by atoms with Crippen LogP contribution in [0.2, 0.25) is 5.02 Å². The Balaban J connectivity index is 1.47. The van der Waals surface area contributed by atoms with Gasteiger partial charge in [-0.3, -0.25) is 9.59 Å². The summed E-state index contributed by atoms with van der Waals surface area (Å²) in [5.41, 5.74) is 4.38. The van der Waals surface area contributed by atoms with E-state index < -0.39 is 10.8 Å². The maximum Gasteiger partial charge on any atom is 0.259 e. The molecule has 2 amide bonds. The van der Waals surface area contributed by atoms with Gasteiger partial charge in [-0.1, -0.05) is 65.7 Å². The van der Waals surface area contributed by atoms with E-state index >= 15 is 0 Å². The highest BCUT2D eigenvalue weighted by Gasteiger charge is 2.31. The summed E-state index contributed by atoms with van der Waals surface area (Å²) in [5.74, 6) is -0.530. The number of carbonyl (C=O) groups is 2. The van der Waals surface area contributed by atoms with Crippen molar-refractivity contribution in [3.63, 3.8) is 0 Å². The Morgan fingerprint density at radius 1 is 0.892 bits per heavy atom. The monoisotopic (exact) mass is 528 g/mol. The van der Waals surface area contributed by atoms with Crippen molar-refractivity contribution in [2.24, 2.45) is 0 Å². The van der Waals surface area contributed by atoms with Crippen molar-refractivity contribution in [1.29, 1.82) is 0 Å². The van der Waals surface area contributed by atoms with Gasteiger partial charge in [-0.05, 0) is 66.9 Å². The van der Waals surface area contributed by atoms with E-state index in [1.54, 1.807) is 59.5 Å². The average molecular weight is 529 g/mol. The fraction of sp³-hybridized carbons (Fsp3) is 0.133. The van der Waals surface area contributed by atoms with E-state index in [1.165, 1.54) is 5.56 Å². The van der Waals surface area contributed by atoms with E-state index in [0.717, 1.165) is 11.1 Å². The zero-order chi connectivity index (χ0) is 25.9. The maximum absolute atomic E-state index is 13.7. The Morgan fingerprint density at radius 2 is 1.68 bits per heavy atom. The van der Waals surface area contributed by atoms with Crippen molar-refractivity contribution in [3.8, 4) is 0 Å². The molecular formula is C30H25ClN2O3S. The molecule has 1 N–H and O–H groups in total. The molecule has 5 rings (SSSR count). The Morgan fingerprint density at radius 3 is 2.46 bits per heavy atom.